The first-order valence-electron chi connectivity index (χ1n) is 11.1. The molecule has 2 aromatic carbocycles. The number of sulfonamides is 1. The number of piperidine rings is 1. The summed E-state index contributed by atoms with van der Waals surface area (Å²) < 4.78 is 37.1. The van der Waals surface area contributed by atoms with Crippen molar-refractivity contribution in [3.63, 3.8) is 0 Å². The summed E-state index contributed by atoms with van der Waals surface area (Å²) in [6.07, 6.45) is 2.71. The molecule has 0 aliphatic carbocycles. The third-order valence-electron chi connectivity index (χ3n) is 6.30. The number of aromatic nitrogens is 1. The maximum atomic E-state index is 13.5. The van der Waals surface area contributed by atoms with Crippen LogP contribution in [0.2, 0.25) is 5.02 Å². The molecule has 7 nitrogen and oxygen atoms in total. The van der Waals surface area contributed by atoms with E-state index in [0.717, 1.165) is 29.5 Å². The first-order valence-corrected chi connectivity index (χ1v) is 13.1. The number of primary sulfonamides is 1. The van der Waals surface area contributed by atoms with Gasteiger partial charge >= 0.3 is 0 Å². The minimum atomic E-state index is -4.07. The minimum absolute atomic E-state index is 0.236. The van der Waals surface area contributed by atoms with Gasteiger partial charge in [0.05, 0.1) is 11.3 Å². The zero-order chi connectivity index (χ0) is 25.3. The first kappa shape index (κ1) is 25.1. The predicted molar refractivity (Wildman–Crippen MR) is 134 cm³/mol. The van der Waals surface area contributed by atoms with Crippen LogP contribution in [0.4, 0.5) is 15.8 Å². The molecular weight excluding hydrogens is 491 g/mol. The summed E-state index contributed by atoms with van der Waals surface area (Å²) >= 11 is 6.21. The van der Waals surface area contributed by atoms with Crippen molar-refractivity contribution in [1.82, 2.24) is 9.88 Å². The van der Waals surface area contributed by atoms with Crippen molar-refractivity contribution in [1.29, 1.82) is 0 Å². The number of amides is 1. The monoisotopic (exact) mass is 516 g/mol. The number of aryl methyl sites for hydroxylation is 2. The molecular formula is C25H26ClFN4O3S. The second-order valence-corrected chi connectivity index (χ2v) is 10.7. The van der Waals surface area contributed by atoms with Crippen molar-refractivity contribution in [2.75, 3.05) is 18.4 Å². The Balaban J connectivity index is 1.60. The van der Waals surface area contributed by atoms with Crippen LogP contribution >= 0.6 is 11.6 Å². The van der Waals surface area contributed by atoms with Gasteiger partial charge in [-0.05, 0) is 73.6 Å². The molecule has 1 saturated heterocycles. The second-order valence-electron chi connectivity index (χ2n) is 8.77. The van der Waals surface area contributed by atoms with Crippen LogP contribution in [0, 0.1) is 19.7 Å². The molecule has 0 atom stereocenters. The fourth-order valence-corrected chi connectivity index (χ4v) is 4.95. The average Bonchev–Trinajstić information content (AvgIpc) is 2.82. The maximum Gasteiger partial charge on any atom is 0.257 e. The highest BCUT2D eigenvalue weighted by Gasteiger charge is 2.27. The van der Waals surface area contributed by atoms with E-state index in [1.807, 2.05) is 19.9 Å². The van der Waals surface area contributed by atoms with Gasteiger partial charge in [0.15, 0.2) is 5.03 Å². The number of rotatable bonds is 5. The van der Waals surface area contributed by atoms with E-state index in [-0.39, 0.29) is 28.2 Å². The van der Waals surface area contributed by atoms with Crippen LogP contribution in [-0.4, -0.2) is 37.3 Å². The van der Waals surface area contributed by atoms with E-state index in [4.69, 9.17) is 16.7 Å². The SMILES string of the molecule is Cc1cc(Nc2cc(S(N)(=O)=O)ncc2C(=O)N2CCC(c3ccc(F)cc3)CC2)c(C)cc1Cl. The van der Waals surface area contributed by atoms with Gasteiger partial charge in [-0.1, -0.05) is 23.7 Å². The molecule has 35 heavy (non-hydrogen) atoms. The highest BCUT2D eigenvalue weighted by molar-refractivity contribution is 7.89. The Morgan fingerprint density at radius 1 is 1.09 bits per heavy atom. The molecule has 1 amide bonds. The molecule has 3 aromatic rings. The van der Waals surface area contributed by atoms with E-state index in [2.05, 4.69) is 10.3 Å². The normalized spacial score (nSPS) is 14.7. The standard InChI is InChI=1S/C25H26ClFN4O3S/c1-15-12-22(16(2)11-21(15)26)30-23-13-24(35(28,33)34)29-14-20(23)25(32)31-9-7-18(8-10-31)17-3-5-19(27)6-4-17/h3-6,11-14,18H,7-10H2,1-2H3,(H,29,30)(H2,28,33,34). The summed E-state index contributed by atoms with van der Waals surface area (Å²) in [6, 6.07) is 11.4. The maximum absolute atomic E-state index is 13.5. The van der Waals surface area contributed by atoms with E-state index in [1.165, 1.54) is 24.4 Å². The summed E-state index contributed by atoms with van der Waals surface area (Å²) in [6.45, 7) is 4.73. The molecule has 0 radical (unpaired) electrons. The Hall–Kier alpha value is -3.01. The van der Waals surface area contributed by atoms with Crippen LogP contribution in [0.3, 0.4) is 0 Å². The Labute approximate surface area is 209 Å². The number of anilines is 2. The number of pyridine rings is 1. The van der Waals surface area contributed by atoms with Crippen molar-refractivity contribution >= 4 is 38.9 Å². The molecule has 1 aromatic heterocycles. The molecule has 0 bridgehead atoms. The van der Waals surface area contributed by atoms with Crippen LogP contribution in [-0.2, 0) is 10.0 Å². The number of carbonyl (C=O) groups is 1. The Morgan fingerprint density at radius 2 is 1.74 bits per heavy atom. The smallest absolute Gasteiger partial charge is 0.257 e. The highest BCUT2D eigenvalue weighted by Crippen LogP contribution is 2.32. The van der Waals surface area contributed by atoms with Gasteiger partial charge in [0.25, 0.3) is 15.9 Å². The zero-order valence-electron chi connectivity index (χ0n) is 19.4. The lowest BCUT2D eigenvalue weighted by atomic mass is 9.89. The zero-order valence-corrected chi connectivity index (χ0v) is 21.0. The number of nitrogens with one attached hydrogen (secondary N) is 1. The summed E-state index contributed by atoms with van der Waals surface area (Å²) in [4.78, 5) is 19.1. The van der Waals surface area contributed by atoms with Gasteiger partial charge in [0.2, 0.25) is 0 Å². The van der Waals surface area contributed by atoms with Gasteiger partial charge < -0.3 is 10.2 Å². The molecule has 0 unspecified atom stereocenters. The molecule has 1 aliphatic heterocycles. The topological polar surface area (TPSA) is 105 Å². The number of likely N-dealkylation sites (tertiary alicyclic amines) is 1. The number of nitrogens with zero attached hydrogens (tertiary/aromatic N) is 2. The van der Waals surface area contributed by atoms with E-state index in [1.54, 1.807) is 23.1 Å². The molecule has 4 rings (SSSR count). The lowest BCUT2D eigenvalue weighted by Crippen LogP contribution is -2.38. The number of carbonyl (C=O) groups excluding carboxylic acids is 1. The number of hydrogen-bond donors (Lipinski definition) is 2. The minimum Gasteiger partial charge on any atom is -0.355 e. The van der Waals surface area contributed by atoms with Gasteiger partial charge in [0.1, 0.15) is 5.82 Å². The molecule has 0 spiro atoms. The van der Waals surface area contributed by atoms with Gasteiger partial charge in [-0.25, -0.2) is 22.9 Å². The third-order valence-corrected chi connectivity index (χ3v) is 7.51. The fraction of sp³-hybridized carbons (Fsp3) is 0.280. The average molecular weight is 517 g/mol. The molecule has 2 heterocycles. The van der Waals surface area contributed by atoms with Crippen LogP contribution in [0.1, 0.15) is 45.8 Å². The van der Waals surface area contributed by atoms with Crippen LogP contribution in [0.5, 0.6) is 0 Å². The molecule has 184 valence electrons. The van der Waals surface area contributed by atoms with Gasteiger partial charge in [-0.15, -0.1) is 0 Å². The fourth-order valence-electron chi connectivity index (χ4n) is 4.25. The van der Waals surface area contributed by atoms with Gasteiger partial charge in [0, 0.05) is 36.1 Å². The number of benzene rings is 2. The predicted octanol–water partition coefficient (Wildman–Crippen LogP) is 4.90. The number of halogens is 2. The van der Waals surface area contributed by atoms with E-state index in [9.17, 15) is 17.6 Å². The Kier molecular flexibility index (Phi) is 7.12. The van der Waals surface area contributed by atoms with Gasteiger partial charge in [-0.2, -0.15) is 0 Å². The van der Waals surface area contributed by atoms with Gasteiger partial charge in [-0.3, -0.25) is 4.79 Å². The molecule has 1 fully saturated rings. The van der Waals surface area contributed by atoms with Crippen LogP contribution < -0.4 is 10.5 Å². The summed E-state index contributed by atoms with van der Waals surface area (Å²) in [5.74, 6) is -0.301. The summed E-state index contributed by atoms with van der Waals surface area (Å²) in [5, 5.41) is 8.73. The Bertz CT molecular complexity index is 1370. The third kappa shape index (κ3) is 5.63. The van der Waals surface area contributed by atoms with E-state index in [0.29, 0.717) is 29.5 Å². The van der Waals surface area contributed by atoms with Crippen LogP contribution in [0.25, 0.3) is 0 Å². The Morgan fingerprint density at radius 3 is 2.37 bits per heavy atom. The van der Waals surface area contributed by atoms with Crippen molar-refractivity contribution < 1.29 is 17.6 Å². The quantitative estimate of drug-likeness (QED) is 0.501. The van der Waals surface area contributed by atoms with E-state index < -0.39 is 10.0 Å². The highest BCUT2D eigenvalue weighted by atomic mass is 35.5. The van der Waals surface area contributed by atoms with Crippen molar-refractivity contribution in [3.8, 4) is 0 Å². The van der Waals surface area contributed by atoms with Crippen molar-refractivity contribution in [2.45, 2.75) is 37.6 Å². The largest absolute Gasteiger partial charge is 0.355 e. The molecule has 0 saturated carbocycles. The summed E-state index contributed by atoms with van der Waals surface area (Å²) in [7, 11) is -4.07. The number of nitrogens with two attached hydrogens (primary N) is 1. The van der Waals surface area contributed by atoms with Crippen molar-refractivity contribution in [3.05, 3.63) is 81.8 Å². The summed E-state index contributed by atoms with van der Waals surface area (Å²) in [5.41, 5.74) is 3.92. The first-order chi connectivity index (χ1) is 16.5. The van der Waals surface area contributed by atoms with E-state index >= 15 is 0 Å². The molecule has 10 heteroatoms. The van der Waals surface area contributed by atoms with Crippen LogP contribution in [0.15, 0.2) is 53.7 Å². The number of hydrogen-bond acceptors (Lipinski definition) is 5. The molecule has 1 aliphatic rings. The lowest BCUT2D eigenvalue weighted by Gasteiger charge is -2.32. The second kappa shape index (κ2) is 9.93. The lowest BCUT2D eigenvalue weighted by molar-refractivity contribution is 0.0713. The van der Waals surface area contributed by atoms with Crippen molar-refractivity contribution in [2.24, 2.45) is 5.14 Å². The molecule has 3 N–H and O–H groups in total.